The number of hydrogen-bond donors (Lipinski definition) is 2. The molecule has 15 heavy (non-hydrogen) atoms. The van der Waals surface area contributed by atoms with Gasteiger partial charge in [-0.15, -0.1) is 0 Å². The minimum absolute atomic E-state index is 0.249. The van der Waals surface area contributed by atoms with Gasteiger partial charge >= 0.3 is 5.97 Å². The van der Waals surface area contributed by atoms with Crippen molar-refractivity contribution < 1.29 is 9.90 Å². The number of rotatable bonds is 2. The number of H-pyrrole nitrogens is 1. The van der Waals surface area contributed by atoms with Crippen LogP contribution >= 0.6 is 0 Å². The molecule has 0 bridgehead atoms. The molecule has 3 heteroatoms. The van der Waals surface area contributed by atoms with Crippen molar-refractivity contribution >= 4 is 5.97 Å². The van der Waals surface area contributed by atoms with E-state index in [0.29, 0.717) is 0 Å². The summed E-state index contributed by atoms with van der Waals surface area (Å²) in [6.45, 7) is 1.89. The van der Waals surface area contributed by atoms with Crippen molar-refractivity contribution in [2.75, 3.05) is 0 Å². The van der Waals surface area contributed by atoms with Crippen molar-refractivity contribution in [1.29, 1.82) is 0 Å². The van der Waals surface area contributed by atoms with Crippen molar-refractivity contribution in [1.82, 2.24) is 4.98 Å². The average Bonchev–Trinajstić information content (AvgIpc) is 2.61. The number of nitrogens with one attached hydrogen (secondary N) is 1. The van der Waals surface area contributed by atoms with Crippen LogP contribution in [-0.2, 0) is 0 Å². The molecule has 1 aromatic heterocycles. The van der Waals surface area contributed by atoms with E-state index >= 15 is 0 Å². The molecule has 2 aromatic rings. The molecule has 0 atom stereocenters. The number of hydrogen-bond acceptors (Lipinski definition) is 1. The minimum atomic E-state index is -0.929. The van der Waals surface area contributed by atoms with Gasteiger partial charge in [0.25, 0.3) is 0 Å². The molecule has 0 spiro atoms. The Labute approximate surface area is 87.4 Å². The van der Waals surface area contributed by atoms with E-state index < -0.39 is 5.97 Å². The highest BCUT2D eigenvalue weighted by molar-refractivity contribution is 5.95. The number of aromatic amines is 1. The van der Waals surface area contributed by atoms with Gasteiger partial charge in [-0.25, -0.2) is 4.79 Å². The molecule has 0 unspecified atom stereocenters. The molecule has 2 N–H and O–H groups in total. The SMILES string of the molecule is Cc1c[nH]c(C(=O)O)c1-c1ccccc1. The second-order valence-electron chi connectivity index (χ2n) is 3.39. The summed E-state index contributed by atoms with van der Waals surface area (Å²) in [5.74, 6) is -0.929. The largest absolute Gasteiger partial charge is 0.477 e. The molecule has 0 aliphatic heterocycles. The Kier molecular flexibility index (Phi) is 2.29. The Balaban J connectivity index is 2.62. The van der Waals surface area contributed by atoms with Crippen LogP contribution in [0.2, 0.25) is 0 Å². The molecule has 3 nitrogen and oxygen atoms in total. The van der Waals surface area contributed by atoms with E-state index in [9.17, 15) is 4.79 Å². The smallest absolute Gasteiger partial charge is 0.352 e. The summed E-state index contributed by atoms with van der Waals surface area (Å²) in [5, 5.41) is 9.01. The summed E-state index contributed by atoms with van der Waals surface area (Å²) >= 11 is 0. The molecule has 0 aliphatic carbocycles. The van der Waals surface area contributed by atoms with Gasteiger partial charge in [0, 0.05) is 11.8 Å². The number of aromatic nitrogens is 1. The number of aromatic carboxylic acids is 1. The lowest BCUT2D eigenvalue weighted by Gasteiger charge is -2.01. The first-order valence-electron chi connectivity index (χ1n) is 4.67. The molecule has 0 aliphatic rings. The van der Waals surface area contributed by atoms with E-state index in [2.05, 4.69) is 4.98 Å². The highest BCUT2D eigenvalue weighted by atomic mass is 16.4. The normalized spacial score (nSPS) is 10.2. The van der Waals surface area contributed by atoms with Crippen LogP contribution in [0.3, 0.4) is 0 Å². The van der Waals surface area contributed by atoms with E-state index in [-0.39, 0.29) is 5.69 Å². The van der Waals surface area contributed by atoms with Gasteiger partial charge in [-0.1, -0.05) is 30.3 Å². The van der Waals surface area contributed by atoms with Crippen molar-refractivity contribution in [3.63, 3.8) is 0 Å². The lowest BCUT2D eigenvalue weighted by atomic mass is 10.0. The van der Waals surface area contributed by atoms with Gasteiger partial charge < -0.3 is 10.1 Å². The summed E-state index contributed by atoms with van der Waals surface area (Å²) in [4.78, 5) is 13.7. The maximum Gasteiger partial charge on any atom is 0.352 e. The topological polar surface area (TPSA) is 53.1 Å². The number of carboxylic acids is 1. The molecule has 0 radical (unpaired) electrons. The van der Waals surface area contributed by atoms with E-state index in [0.717, 1.165) is 16.7 Å². The predicted octanol–water partition coefficient (Wildman–Crippen LogP) is 2.69. The van der Waals surface area contributed by atoms with Gasteiger partial charge in [0.05, 0.1) is 0 Å². The van der Waals surface area contributed by atoms with Crippen LogP contribution in [0, 0.1) is 6.92 Å². The van der Waals surface area contributed by atoms with Crippen LogP contribution < -0.4 is 0 Å². The Hall–Kier alpha value is -2.03. The Morgan fingerprint density at radius 1 is 1.27 bits per heavy atom. The Morgan fingerprint density at radius 3 is 2.53 bits per heavy atom. The molecular formula is C12H11NO2. The second kappa shape index (κ2) is 3.61. The van der Waals surface area contributed by atoms with Crippen LogP contribution in [-0.4, -0.2) is 16.1 Å². The lowest BCUT2D eigenvalue weighted by molar-refractivity contribution is 0.0692. The fourth-order valence-electron chi connectivity index (χ4n) is 1.67. The first-order valence-corrected chi connectivity index (χ1v) is 4.67. The quantitative estimate of drug-likeness (QED) is 0.784. The molecule has 1 aromatic carbocycles. The lowest BCUT2D eigenvalue weighted by Crippen LogP contribution is -1.98. The standard InChI is InChI=1S/C12H11NO2/c1-8-7-13-11(12(14)15)10(8)9-5-3-2-4-6-9/h2-7,13H,1H3,(H,14,15). The first-order chi connectivity index (χ1) is 7.20. The van der Waals surface area contributed by atoms with Crippen molar-refractivity contribution in [2.24, 2.45) is 0 Å². The van der Waals surface area contributed by atoms with E-state index in [1.165, 1.54) is 0 Å². The molecule has 0 amide bonds. The average molecular weight is 201 g/mol. The Bertz CT molecular complexity index is 486. The van der Waals surface area contributed by atoms with Crippen LogP contribution in [0.4, 0.5) is 0 Å². The van der Waals surface area contributed by atoms with Crippen LogP contribution in [0.5, 0.6) is 0 Å². The van der Waals surface area contributed by atoms with Crippen molar-refractivity contribution in [2.45, 2.75) is 6.92 Å². The summed E-state index contributed by atoms with van der Waals surface area (Å²) in [7, 11) is 0. The van der Waals surface area contributed by atoms with E-state index in [1.54, 1.807) is 6.20 Å². The fourth-order valence-corrected chi connectivity index (χ4v) is 1.67. The van der Waals surface area contributed by atoms with Crippen LogP contribution in [0.1, 0.15) is 16.1 Å². The van der Waals surface area contributed by atoms with Gasteiger partial charge in [-0.05, 0) is 18.1 Å². The third-order valence-corrected chi connectivity index (χ3v) is 2.35. The highest BCUT2D eigenvalue weighted by Gasteiger charge is 2.15. The second-order valence-corrected chi connectivity index (χ2v) is 3.39. The van der Waals surface area contributed by atoms with E-state index in [4.69, 9.17) is 5.11 Å². The molecular weight excluding hydrogens is 190 g/mol. The van der Waals surface area contributed by atoms with E-state index in [1.807, 2.05) is 37.3 Å². The molecule has 0 saturated carbocycles. The van der Waals surface area contributed by atoms with Gasteiger partial charge in [-0.3, -0.25) is 0 Å². The van der Waals surface area contributed by atoms with Crippen LogP contribution in [0.25, 0.3) is 11.1 Å². The number of carboxylic acid groups (broad SMARTS) is 1. The third-order valence-electron chi connectivity index (χ3n) is 2.35. The number of carbonyl (C=O) groups is 1. The summed E-state index contributed by atoms with van der Waals surface area (Å²) < 4.78 is 0. The zero-order valence-electron chi connectivity index (χ0n) is 8.32. The summed E-state index contributed by atoms with van der Waals surface area (Å²) in [6.07, 6.45) is 1.71. The number of benzene rings is 1. The zero-order valence-corrected chi connectivity index (χ0v) is 8.32. The van der Waals surface area contributed by atoms with Gasteiger partial charge in [0.1, 0.15) is 5.69 Å². The summed E-state index contributed by atoms with van der Waals surface area (Å²) in [5.41, 5.74) is 2.88. The van der Waals surface area contributed by atoms with Gasteiger partial charge in [-0.2, -0.15) is 0 Å². The van der Waals surface area contributed by atoms with Gasteiger partial charge in [0.15, 0.2) is 0 Å². The van der Waals surface area contributed by atoms with Gasteiger partial charge in [0.2, 0.25) is 0 Å². The maximum absolute atomic E-state index is 11.0. The third kappa shape index (κ3) is 1.64. The zero-order chi connectivity index (χ0) is 10.8. The predicted molar refractivity (Wildman–Crippen MR) is 57.9 cm³/mol. The maximum atomic E-state index is 11.0. The fraction of sp³-hybridized carbons (Fsp3) is 0.0833. The minimum Gasteiger partial charge on any atom is -0.477 e. The van der Waals surface area contributed by atoms with Crippen molar-refractivity contribution in [3.05, 3.63) is 47.8 Å². The molecule has 76 valence electrons. The number of aryl methyl sites for hydroxylation is 1. The first kappa shape index (κ1) is 9.52. The molecule has 1 heterocycles. The van der Waals surface area contributed by atoms with Crippen molar-refractivity contribution in [3.8, 4) is 11.1 Å². The Morgan fingerprint density at radius 2 is 1.93 bits per heavy atom. The van der Waals surface area contributed by atoms with Crippen LogP contribution in [0.15, 0.2) is 36.5 Å². The molecule has 0 saturated heterocycles. The molecule has 0 fully saturated rings. The highest BCUT2D eigenvalue weighted by Crippen LogP contribution is 2.26. The summed E-state index contributed by atoms with van der Waals surface area (Å²) in [6, 6.07) is 9.51. The monoisotopic (exact) mass is 201 g/mol. The molecule has 2 rings (SSSR count).